The summed E-state index contributed by atoms with van der Waals surface area (Å²) in [5, 5.41) is 0. The van der Waals surface area contributed by atoms with Crippen LogP contribution in [0.3, 0.4) is 0 Å². The normalized spacial score (nSPS) is 19.7. The van der Waals surface area contributed by atoms with Crippen molar-refractivity contribution in [1.82, 2.24) is 0 Å². The standard InChI is InChI=1S/C14H28O3S/c1-15-8-9-16-10-11-17-12-14(13-18)6-4-2-3-5-7-14/h18H,2-13H2,1H3. The molecule has 0 atom stereocenters. The zero-order valence-electron chi connectivity index (χ0n) is 11.7. The highest BCUT2D eigenvalue weighted by atomic mass is 32.1. The molecule has 0 radical (unpaired) electrons. The third-order valence-corrected chi connectivity index (χ3v) is 4.38. The molecule has 1 aliphatic carbocycles. The fourth-order valence-electron chi connectivity index (χ4n) is 2.48. The van der Waals surface area contributed by atoms with E-state index in [0.717, 1.165) is 12.4 Å². The van der Waals surface area contributed by atoms with Gasteiger partial charge in [0.1, 0.15) is 0 Å². The summed E-state index contributed by atoms with van der Waals surface area (Å²) in [5.74, 6) is 0.942. The minimum Gasteiger partial charge on any atom is -0.382 e. The Morgan fingerprint density at radius 3 is 2.11 bits per heavy atom. The summed E-state index contributed by atoms with van der Waals surface area (Å²) >= 11 is 4.54. The quantitative estimate of drug-likeness (QED) is 0.399. The summed E-state index contributed by atoms with van der Waals surface area (Å²) in [6.45, 7) is 3.48. The molecule has 0 aromatic rings. The molecule has 0 bridgehead atoms. The highest BCUT2D eigenvalue weighted by Gasteiger charge is 2.29. The van der Waals surface area contributed by atoms with Crippen molar-refractivity contribution in [2.45, 2.75) is 38.5 Å². The number of thiol groups is 1. The average Bonchev–Trinajstić information content (AvgIpc) is 2.64. The topological polar surface area (TPSA) is 27.7 Å². The Hall–Kier alpha value is 0.230. The van der Waals surface area contributed by atoms with Crippen LogP contribution in [0.4, 0.5) is 0 Å². The SMILES string of the molecule is COCCOCCOCC1(CS)CCCCCC1. The second kappa shape index (κ2) is 10.1. The van der Waals surface area contributed by atoms with Crippen LogP contribution in [-0.4, -0.2) is 45.9 Å². The van der Waals surface area contributed by atoms with Crippen molar-refractivity contribution in [3.05, 3.63) is 0 Å². The van der Waals surface area contributed by atoms with Crippen LogP contribution in [0.25, 0.3) is 0 Å². The van der Waals surface area contributed by atoms with Gasteiger partial charge in [-0.15, -0.1) is 0 Å². The van der Waals surface area contributed by atoms with Crippen LogP contribution in [0.15, 0.2) is 0 Å². The van der Waals surface area contributed by atoms with Gasteiger partial charge in [0.15, 0.2) is 0 Å². The lowest BCUT2D eigenvalue weighted by Gasteiger charge is -2.30. The Kier molecular flexibility index (Phi) is 9.11. The molecule has 0 spiro atoms. The smallest absolute Gasteiger partial charge is 0.0701 e. The van der Waals surface area contributed by atoms with Gasteiger partial charge in [-0.2, -0.15) is 12.6 Å². The lowest BCUT2D eigenvalue weighted by Crippen LogP contribution is -2.29. The van der Waals surface area contributed by atoms with E-state index in [0.29, 0.717) is 31.8 Å². The average molecular weight is 276 g/mol. The molecule has 0 N–H and O–H groups in total. The molecule has 0 aromatic heterocycles. The maximum absolute atomic E-state index is 5.79. The fourth-order valence-corrected chi connectivity index (χ4v) is 2.89. The first-order valence-electron chi connectivity index (χ1n) is 7.08. The Morgan fingerprint density at radius 1 is 0.889 bits per heavy atom. The Labute approximate surface area is 117 Å². The molecule has 1 aliphatic rings. The first kappa shape index (κ1) is 16.3. The maximum Gasteiger partial charge on any atom is 0.0701 e. The van der Waals surface area contributed by atoms with Crippen LogP contribution >= 0.6 is 12.6 Å². The van der Waals surface area contributed by atoms with Gasteiger partial charge in [0.05, 0.1) is 33.0 Å². The second-order valence-electron chi connectivity index (χ2n) is 5.23. The van der Waals surface area contributed by atoms with Gasteiger partial charge < -0.3 is 14.2 Å². The van der Waals surface area contributed by atoms with Gasteiger partial charge in [0, 0.05) is 12.5 Å². The van der Waals surface area contributed by atoms with E-state index >= 15 is 0 Å². The van der Waals surface area contributed by atoms with Crippen LogP contribution in [0.5, 0.6) is 0 Å². The Morgan fingerprint density at radius 2 is 1.50 bits per heavy atom. The Bertz CT molecular complexity index is 191. The monoisotopic (exact) mass is 276 g/mol. The van der Waals surface area contributed by atoms with Crippen LogP contribution in [-0.2, 0) is 14.2 Å². The molecule has 1 fully saturated rings. The van der Waals surface area contributed by atoms with Crippen molar-refractivity contribution in [2.24, 2.45) is 5.41 Å². The molecule has 0 aromatic carbocycles. The van der Waals surface area contributed by atoms with Crippen molar-refractivity contribution in [3.63, 3.8) is 0 Å². The highest BCUT2D eigenvalue weighted by Crippen LogP contribution is 2.36. The largest absolute Gasteiger partial charge is 0.382 e. The third kappa shape index (κ3) is 6.41. The van der Waals surface area contributed by atoms with Crippen molar-refractivity contribution in [3.8, 4) is 0 Å². The van der Waals surface area contributed by atoms with E-state index in [1.54, 1.807) is 7.11 Å². The lowest BCUT2D eigenvalue weighted by atomic mass is 9.83. The van der Waals surface area contributed by atoms with Crippen LogP contribution < -0.4 is 0 Å². The van der Waals surface area contributed by atoms with Crippen molar-refractivity contribution in [1.29, 1.82) is 0 Å². The summed E-state index contributed by atoms with van der Waals surface area (Å²) in [4.78, 5) is 0. The molecule has 0 amide bonds. The zero-order valence-corrected chi connectivity index (χ0v) is 12.6. The molecule has 108 valence electrons. The van der Waals surface area contributed by atoms with E-state index in [2.05, 4.69) is 12.6 Å². The number of hydrogen-bond acceptors (Lipinski definition) is 4. The molecule has 3 nitrogen and oxygen atoms in total. The third-order valence-electron chi connectivity index (χ3n) is 3.71. The molecule has 0 saturated heterocycles. The first-order chi connectivity index (χ1) is 8.83. The summed E-state index contributed by atoms with van der Waals surface area (Å²) in [6, 6.07) is 0. The van der Waals surface area contributed by atoms with Gasteiger partial charge >= 0.3 is 0 Å². The van der Waals surface area contributed by atoms with Gasteiger partial charge in [-0.05, 0) is 18.6 Å². The van der Waals surface area contributed by atoms with Crippen LogP contribution in [0.1, 0.15) is 38.5 Å². The zero-order chi connectivity index (χ0) is 13.1. The molecule has 0 heterocycles. The summed E-state index contributed by atoms with van der Waals surface area (Å²) < 4.78 is 16.1. The molecule has 4 heteroatoms. The van der Waals surface area contributed by atoms with Gasteiger partial charge in [0.25, 0.3) is 0 Å². The van der Waals surface area contributed by atoms with Crippen molar-refractivity contribution >= 4 is 12.6 Å². The van der Waals surface area contributed by atoms with E-state index in [4.69, 9.17) is 14.2 Å². The predicted molar refractivity (Wildman–Crippen MR) is 77.5 cm³/mol. The Balaban J connectivity index is 2.10. The fraction of sp³-hybridized carbons (Fsp3) is 1.00. The molecular weight excluding hydrogens is 248 g/mol. The molecule has 1 rings (SSSR count). The molecule has 0 aliphatic heterocycles. The van der Waals surface area contributed by atoms with E-state index in [1.807, 2.05) is 0 Å². The van der Waals surface area contributed by atoms with Gasteiger partial charge in [-0.25, -0.2) is 0 Å². The van der Waals surface area contributed by atoms with Gasteiger partial charge in [-0.1, -0.05) is 25.7 Å². The molecular formula is C14H28O3S. The summed E-state index contributed by atoms with van der Waals surface area (Å²) in [6.07, 6.45) is 7.93. The maximum atomic E-state index is 5.79. The number of ether oxygens (including phenoxy) is 3. The van der Waals surface area contributed by atoms with Crippen molar-refractivity contribution in [2.75, 3.05) is 45.9 Å². The first-order valence-corrected chi connectivity index (χ1v) is 7.71. The van der Waals surface area contributed by atoms with Gasteiger partial charge in [0.2, 0.25) is 0 Å². The minimum atomic E-state index is 0.312. The van der Waals surface area contributed by atoms with E-state index in [1.165, 1.54) is 38.5 Å². The predicted octanol–water partition coefficient (Wildman–Crippen LogP) is 2.94. The minimum absolute atomic E-state index is 0.312. The number of hydrogen-bond donors (Lipinski definition) is 1. The van der Waals surface area contributed by atoms with Crippen molar-refractivity contribution < 1.29 is 14.2 Å². The molecule has 0 unspecified atom stereocenters. The van der Waals surface area contributed by atoms with E-state index < -0.39 is 0 Å². The lowest BCUT2D eigenvalue weighted by molar-refractivity contribution is -0.00371. The van der Waals surface area contributed by atoms with E-state index in [9.17, 15) is 0 Å². The van der Waals surface area contributed by atoms with Crippen LogP contribution in [0.2, 0.25) is 0 Å². The highest BCUT2D eigenvalue weighted by molar-refractivity contribution is 7.80. The number of rotatable bonds is 9. The van der Waals surface area contributed by atoms with E-state index in [-0.39, 0.29) is 0 Å². The summed E-state index contributed by atoms with van der Waals surface area (Å²) in [5.41, 5.74) is 0.312. The number of methoxy groups -OCH3 is 1. The molecule has 1 saturated carbocycles. The summed E-state index contributed by atoms with van der Waals surface area (Å²) in [7, 11) is 1.68. The van der Waals surface area contributed by atoms with Crippen LogP contribution in [0, 0.1) is 5.41 Å². The molecule has 18 heavy (non-hydrogen) atoms. The van der Waals surface area contributed by atoms with Gasteiger partial charge in [-0.3, -0.25) is 0 Å². The second-order valence-corrected chi connectivity index (χ2v) is 5.55.